The van der Waals surface area contributed by atoms with Gasteiger partial charge in [0.05, 0.1) is 5.71 Å². The van der Waals surface area contributed by atoms with Crippen molar-refractivity contribution in [2.24, 2.45) is 11.1 Å². The Balaban J connectivity index is 1.70. The molecule has 1 heterocycles. The van der Waals surface area contributed by atoms with Gasteiger partial charge < -0.3 is 19.6 Å². The molecular weight excluding hydrogens is 487 g/mol. The van der Waals surface area contributed by atoms with Gasteiger partial charge in [-0.15, -0.1) is 0 Å². The summed E-state index contributed by atoms with van der Waals surface area (Å²) in [6, 6.07) is 20.5. The zero-order valence-electron chi connectivity index (χ0n) is 21.9. The number of oxime groups is 1. The summed E-state index contributed by atoms with van der Waals surface area (Å²) in [6.45, 7) is 5.65. The summed E-state index contributed by atoms with van der Waals surface area (Å²) in [5, 5.41) is 15.6. The topological polar surface area (TPSA) is 88.4 Å². The molecule has 2 unspecified atom stereocenters. The highest BCUT2D eigenvalue weighted by molar-refractivity contribution is 5.91. The number of hydrogen-bond acceptors (Lipinski definition) is 5. The van der Waals surface area contributed by atoms with Crippen LogP contribution in [0.25, 0.3) is 10.8 Å². The minimum atomic E-state index is -1.13. The van der Waals surface area contributed by atoms with Crippen molar-refractivity contribution in [2.45, 2.75) is 45.1 Å². The molecule has 3 aromatic rings. The zero-order valence-corrected chi connectivity index (χ0v) is 21.9. The fourth-order valence-electron chi connectivity index (χ4n) is 4.85. The highest BCUT2D eigenvalue weighted by atomic mass is 19.1. The van der Waals surface area contributed by atoms with Crippen molar-refractivity contribution in [3.63, 3.8) is 0 Å². The normalized spacial score (nSPS) is 18.3. The van der Waals surface area contributed by atoms with Crippen LogP contribution in [0.5, 0.6) is 0 Å². The first-order valence-electron chi connectivity index (χ1n) is 12.7. The molecule has 0 aliphatic carbocycles. The number of carbonyl (C=O) groups excluding carboxylic acids is 1. The predicted molar refractivity (Wildman–Crippen MR) is 144 cm³/mol. The first-order valence-corrected chi connectivity index (χ1v) is 12.7. The Bertz CT molecular complexity index is 1320. The van der Waals surface area contributed by atoms with E-state index in [4.69, 9.17) is 14.7 Å². The van der Waals surface area contributed by atoms with E-state index in [-0.39, 0.29) is 17.7 Å². The van der Waals surface area contributed by atoms with Crippen LogP contribution < -0.4 is 0 Å². The summed E-state index contributed by atoms with van der Waals surface area (Å²) in [5.41, 5.74) is 1.87. The lowest BCUT2D eigenvalue weighted by molar-refractivity contribution is -0.142. The number of carbonyl (C=O) groups is 2. The van der Waals surface area contributed by atoms with Gasteiger partial charge in [0, 0.05) is 25.4 Å². The van der Waals surface area contributed by atoms with E-state index in [0.717, 1.165) is 21.9 Å². The maximum atomic E-state index is 13.7. The molecule has 8 heteroatoms. The molecular formula is C30H33FN2O5. The van der Waals surface area contributed by atoms with Gasteiger partial charge in [-0.3, -0.25) is 0 Å². The van der Waals surface area contributed by atoms with Gasteiger partial charge >= 0.3 is 12.1 Å². The van der Waals surface area contributed by atoms with Crippen molar-refractivity contribution in [1.82, 2.24) is 4.90 Å². The van der Waals surface area contributed by atoms with Gasteiger partial charge in [0.15, 0.2) is 0 Å². The monoisotopic (exact) mass is 520 g/mol. The van der Waals surface area contributed by atoms with E-state index >= 15 is 0 Å². The Morgan fingerprint density at radius 3 is 2.45 bits per heavy atom. The second-order valence-electron chi connectivity index (χ2n) is 10.6. The van der Waals surface area contributed by atoms with E-state index in [2.05, 4.69) is 11.2 Å². The van der Waals surface area contributed by atoms with Crippen LogP contribution in [0.1, 0.15) is 44.2 Å². The number of nitrogens with zero attached hydrogens (tertiary/aromatic N) is 2. The molecule has 2 atom stereocenters. The predicted octanol–water partition coefficient (Wildman–Crippen LogP) is 6.02. The summed E-state index contributed by atoms with van der Waals surface area (Å²) in [7, 11) is 0. The fraction of sp³-hybridized carbons (Fsp3) is 0.367. The van der Waals surface area contributed by atoms with Crippen molar-refractivity contribution >= 4 is 28.5 Å². The van der Waals surface area contributed by atoms with Crippen molar-refractivity contribution in [1.29, 1.82) is 0 Å². The number of hydrogen-bond donors (Lipinski definition) is 1. The van der Waals surface area contributed by atoms with E-state index in [1.807, 2.05) is 57.2 Å². The number of piperidine rings is 1. The number of carboxylic acids is 1. The molecule has 1 aliphatic heterocycles. The average Bonchev–Trinajstić information content (AvgIpc) is 2.87. The molecule has 1 amide bonds. The largest absolute Gasteiger partial charge is 0.479 e. The minimum absolute atomic E-state index is 0.0816. The van der Waals surface area contributed by atoms with Gasteiger partial charge in [-0.05, 0) is 67.1 Å². The molecule has 1 fully saturated rings. The third kappa shape index (κ3) is 7.09. The summed E-state index contributed by atoms with van der Waals surface area (Å²) in [4.78, 5) is 31.0. The lowest BCUT2D eigenvalue weighted by Gasteiger charge is -2.39. The zero-order chi connectivity index (χ0) is 27.3. The van der Waals surface area contributed by atoms with Crippen LogP contribution in [-0.4, -0.2) is 53.1 Å². The van der Waals surface area contributed by atoms with Crippen LogP contribution in [0.2, 0.25) is 0 Å². The fourth-order valence-corrected chi connectivity index (χ4v) is 4.85. The molecule has 0 saturated carbocycles. The van der Waals surface area contributed by atoms with Crippen molar-refractivity contribution < 1.29 is 28.7 Å². The van der Waals surface area contributed by atoms with E-state index in [9.17, 15) is 14.0 Å². The molecule has 4 rings (SSSR count). The van der Waals surface area contributed by atoms with Crippen LogP contribution in [0.3, 0.4) is 0 Å². The van der Waals surface area contributed by atoms with E-state index in [1.54, 1.807) is 17.0 Å². The second kappa shape index (κ2) is 11.6. The first kappa shape index (κ1) is 27.1. The smallest absolute Gasteiger partial charge is 0.410 e. The lowest BCUT2D eigenvalue weighted by atomic mass is 9.76. The number of ether oxygens (including phenoxy) is 1. The van der Waals surface area contributed by atoms with Gasteiger partial charge in [-0.25, -0.2) is 14.0 Å². The van der Waals surface area contributed by atoms with Gasteiger partial charge in [-0.2, -0.15) is 0 Å². The number of fused-ring (bicyclic) bond motifs is 1. The maximum absolute atomic E-state index is 13.7. The number of aliphatic carboxylic acids is 1. The van der Waals surface area contributed by atoms with E-state index in [0.29, 0.717) is 31.6 Å². The first-order chi connectivity index (χ1) is 18.1. The molecule has 1 saturated heterocycles. The Labute approximate surface area is 221 Å². The van der Waals surface area contributed by atoms with Gasteiger partial charge in [0.2, 0.25) is 6.61 Å². The third-order valence-corrected chi connectivity index (χ3v) is 6.56. The van der Waals surface area contributed by atoms with Crippen molar-refractivity contribution in [3.05, 3.63) is 83.7 Å². The molecule has 7 nitrogen and oxygen atoms in total. The number of rotatable bonds is 7. The Morgan fingerprint density at radius 2 is 1.76 bits per heavy atom. The number of amides is 1. The lowest BCUT2D eigenvalue weighted by Crippen LogP contribution is -2.47. The number of carboxylic acid groups (broad SMARTS) is 1. The summed E-state index contributed by atoms with van der Waals surface area (Å²) in [5.74, 6) is -1.84. The van der Waals surface area contributed by atoms with Crippen LogP contribution >= 0.6 is 0 Å². The standard InChI is InChI=1S/C30H33FN2O5/c1-30(2,3)38-29(36)33-15-14-25(22-10-12-24(31)13-11-22)26(18-33)27(32-37-19-28(34)35)17-20-8-9-21-6-4-5-7-23(21)16-20/h4-13,16,25-26H,14-15,17-19H2,1-3H3,(H,34,35)/b32-27-. The molecule has 1 N–H and O–H groups in total. The number of likely N-dealkylation sites (tertiary alicyclic amines) is 1. The molecule has 0 bridgehead atoms. The quantitative estimate of drug-likeness (QED) is 0.304. The third-order valence-electron chi connectivity index (χ3n) is 6.56. The number of benzene rings is 3. The second-order valence-corrected chi connectivity index (χ2v) is 10.6. The van der Waals surface area contributed by atoms with Crippen LogP contribution in [0, 0.1) is 11.7 Å². The highest BCUT2D eigenvalue weighted by Gasteiger charge is 2.37. The van der Waals surface area contributed by atoms with Crippen molar-refractivity contribution in [2.75, 3.05) is 19.7 Å². The van der Waals surface area contributed by atoms with Crippen LogP contribution in [0.4, 0.5) is 9.18 Å². The van der Waals surface area contributed by atoms with Crippen LogP contribution in [0.15, 0.2) is 71.9 Å². The molecule has 200 valence electrons. The number of halogens is 1. The minimum Gasteiger partial charge on any atom is -0.479 e. The maximum Gasteiger partial charge on any atom is 0.410 e. The molecule has 0 radical (unpaired) electrons. The molecule has 38 heavy (non-hydrogen) atoms. The average molecular weight is 521 g/mol. The summed E-state index contributed by atoms with van der Waals surface area (Å²) < 4.78 is 19.4. The van der Waals surface area contributed by atoms with E-state index < -0.39 is 24.3 Å². The van der Waals surface area contributed by atoms with Crippen molar-refractivity contribution in [3.8, 4) is 0 Å². The molecule has 0 spiro atoms. The summed E-state index contributed by atoms with van der Waals surface area (Å²) >= 11 is 0. The summed E-state index contributed by atoms with van der Waals surface area (Å²) in [6.07, 6.45) is 0.580. The molecule has 3 aromatic carbocycles. The highest BCUT2D eigenvalue weighted by Crippen LogP contribution is 2.36. The molecule has 1 aliphatic rings. The van der Waals surface area contributed by atoms with Crippen LogP contribution in [-0.2, 0) is 20.8 Å². The van der Waals surface area contributed by atoms with Gasteiger partial charge in [-0.1, -0.05) is 59.8 Å². The van der Waals surface area contributed by atoms with Gasteiger partial charge in [0.1, 0.15) is 11.4 Å². The Kier molecular flexibility index (Phi) is 8.29. The Hall–Kier alpha value is -3.94. The van der Waals surface area contributed by atoms with Gasteiger partial charge in [0.25, 0.3) is 0 Å². The van der Waals surface area contributed by atoms with E-state index in [1.165, 1.54) is 12.1 Å². The SMILES string of the molecule is CC(C)(C)OC(=O)N1CCC(c2ccc(F)cc2)C(/C(Cc2ccc3ccccc3c2)=N\OCC(=O)O)C1. The molecule has 0 aromatic heterocycles. The Morgan fingerprint density at radius 1 is 1.05 bits per heavy atom.